The third-order valence-corrected chi connectivity index (χ3v) is 6.22. The lowest BCUT2D eigenvalue weighted by atomic mass is 10.0. The quantitative estimate of drug-likeness (QED) is 0.447. The second kappa shape index (κ2) is 8.83. The molecule has 0 amide bonds. The summed E-state index contributed by atoms with van der Waals surface area (Å²) >= 11 is 1.39. The first-order valence-corrected chi connectivity index (χ1v) is 10.4. The summed E-state index contributed by atoms with van der Waals surface area (Å²) in [5, 5.41) is 15.1. The molecule has 2 aromatic carbocycles. The van der Waals surface area contributed by atoms with Gasteiger partial charge in [0.05, 0.1) is 32.2 Å². The Kier molecular flexibility index (Phi) is 5.97. The van der Waals surface area contributed by atoms with Gasteiger partial charge in [-0.05, 0) is 24.7 Å². The van der Waals surface area contributed by atoms with E-state index in [0.29, 0.717) is 33.6 Å². The zero-order chi connectivity index (χ0) is 22.0. The van der Waals surface area contributed by atoms with E-state index in [4.69, 9.17) is 14.2 Å². The van der Waals surface area contributed by atoms with Crippen molar-refractivity contribution in [1.82, 2.24) is 19.5 Å². The fourth-order valence-electron chi connectivity index (χ4n) is 3.75. The zero-order valence-electron chi connectivity index (χ0n) is 17.8. The van der Waals surface area contributed by atoms with Crippen molar-refractivity contribution in [2.24, 2.45) is 0 Å². The molecular formula is C22H24N4O4S. The van der Waals surface area contributed by atoms with Gasteiger partial charge in [0.15, 0.2) is 11.5 Å². The molecule has 4 aromatic rings. The third kappa shape index (κ3) is 3.77. The fourth-order valence-corrected chi connectivity index (χ4v) is 4.87. The van der Waals surface area contributed by atoms with Crippen LogP contribution in [-0.4, -0.2) is 53.0 Å². The number of nitrogens with zero attached hydrogens (tertiary/aromatic N) is 4. The molecule has 0 spiro atoms. The van der Waals surface area contributed by atoms with E-state index in [9.17, 15) is 5.11 Å². The summed E-state index contributed by atoms with van der Waals surface area (Å²) in [6, 6.07) is 13.6. The van der Waals surface area contributed by atoms with Crippen molar-refractivity contribution < 1.29 is 19.3 Å². The summed E-state index contributed by atoms with van der Waals surface area (Å²) in [6.45, 7) is 0.649. The van der Waals surface area contributed by atoms with Crippen molar-refractivity contribution >= 4 is 16.3 Å². The molecule has 0 fully saturated rings. The van der Waals surface area contributed by atoms with Crippen LogP contribution in [0.25, 0.3) is 4.96 Å². The summed E-state index contributed by atoms with van der Waals surface area (Å²) in [4.78, 5) is 7.71. The number of hydrogen-bond donors (Lipinski definition) is 1. The number of methoxy groups -OCH3 is 3. The van der Waals surface area contributed by atoms with Crippen LogP contribution < -0.4 is 14.2 Å². The van der Waals surface area contributed by atoms with Gasteiger partial charge < -0.3 is 19.3 Å². The van der Waals surface area contributed by atoms with Gasteiger partial charge in [-0.3, -0.25) is 4.90 Å². The lowest BCUT2D eigenvalue weighted by Gasteiger charge is -2.29. The molecule has 0 saturated heterocycles. The van der Waals surface area contributed by atoms with Crippen molar-refractivity contribution in [2.75, 3.05) is 28.4 Å². The highest BCUT2D eigenvalue weighted by molar-refractivity contribution is 7.17. The number of hydrogen-bond acceptors (Lipinski definition) is 8. The molecule has 0 bridgehead atoms. The molecule has 0 aliphatic heterocycles. The van der Waals surface area contributed by atoms with Crippen LogP contribution in [0.15, 0.2) is 48.8 Å². The van der Waals surface area contributed by atoms with Gasteiger partial charge in [0.25, 0.3) is 0 Å². The topological polar surface area (TPSA) is 81.4 Å². The molecule has 31 heavy (non-hydrogen) atoms. The normalized spacial score (nSPS) is 12.3. The van der Waals surface area contributed by atoms with Crippen LogP contribution in [0.4, 0.5) is 0 Å². The maximum absolute atomic E-state index is 11.0. The number of benzene rings is 2. The van der Waals surface area contributed by atoms with Crippen molar-refractivity contribution in [3.05, 3.63) is 64.8 Å². The number of aromatic nitrogens is 3. The Bertz CT molecular complexity index is 1180. The highest BCUT2D eigenvalue weighted by Gasteiger charge is 2.31. The number of fused-ring (bicyclic) bond motifs is 1. The Morgan fingerprint density at radius 2 is 1.77 bits per heavy atom. The first-order valence-electron chi connectivity index (χ1n) is 9.63. The van der Waals surface area contributed by atoms with Gasteiger partial charge in [-0.2, -0.15) is 9.61 Å². The minimum Gasteiger partial charge on any atom is -0.493 e. The van der Waals surface area contributed by atoms with Crippen LogP contribution in [0.1, 0.15) is 22.0 Å². The van der Waals surface area contributed by atoms with E-state index in [2.05, 4.69) is 27.1 Å². The van der Waals surface area contributed by atoms with Crippen molar-refractivity contribution in [1.29, 1.82) is 0 Å². The molecule has 0 aliphatic rings. The van der Waals surface area contributed by atoms with E-state index in [1.165, 1.54) is 22.2 Å². The Morgan fingerprint density at radius 1 is 1.03 bits per heavy atom. The molecule has 2 aromatic heterocycles. The first kappa shape index (κ1) is 21.0. The van der Waals surface area contributed by atoms with Crippen LogP contribution in [0.2, 0.25) is 0 Å². The first-order chi connectivity index (χ1) is 15.1. The Hall–Kier alpha value is -3.30. The van der Waals surface area contributed by atoms with E-state index >= 15 is 0 Å². The molecule has 1 atom stereocenters. The summed E-state index contributed by atoms with van der Waals surface area (Å²) in [7, 11) is 6.76. The number of ether oxygens (including phenoxy) is 3. The molecule has 1 N–H and O–H groups in total. The third-order valence-electron chi connectivity index (χ3n) is 5.13. The van der Waals surface area contributed by atoms with Crippen LogP contribution in [0, 0.1) is 0 Å². The summed E-state index contributed by atoms with van der Waals surface area (Å²) in [5.74, 6) is 1.67. The summed E-state index contributed by atoms with van der Waals surface area (Å²) in [6.07, 6.45) is 1.43. The van der Waals surface area contributed by atoms with Crippen molar-refractivity contribution in [3.63, 3.8) is 0 Å². The zero-order valence-corrected chi connectivity index (χ0v) is 18.6. The van der Waals surface area contributed by atoms with Crippen LogP contribution >= 0.6 is 11.3 Å². The predicted octanol–water partition coefficient (Wildman–Crippen LogP) is 3.74. The van der Waals surface area contributed by atoms with Gasteiger partial charge in [0.1, 0.15) is 6.33 Å². The largest absolute Gasteiger partial charge is 0.493 e. The van der Waals surface area contributed by atoms with Crippen molar-refractivity contribution in [3.8, 4) is 23.1 Å². The molecule has 2 heterocycles. The van der Waals surface area contributed by atoms with E-state index in [0.717, 1.165) is 11.1 Å². The molecule has 0 saturated carbocycles. The Morgan fingerprint density at radius 3 is 2.42 bits per heavy atom. The van der Waals surface area contributed by atoms with Gasteiger partial charge in [-0.25, -0.2) is 4.98 Å². The SMILES string of the molecule is COc1ccc([C@H](c2sc3ncnn3c2O)N(C)Cc2ccccc2)c(OC)c1OC. The molecule has 4 rings (SSSR count). The second-order valence-corrected chi connectivity index (χ2v) is 7.98. The molecule has 0 unspecified atom stereocenters. The average Bonchev–Trinajstić information content (AvgIpc) is 3.37. The van der Waals surface area contributed by atoms with Gasteiger partial charge >= 0.3 is 0 Å². The van der Waals surface area contributed by atoms with E-state index in [1.807, 2.05) is 37.4 Å². The average molecular weight is 441 g/mol. The fraction of sp³-hybridized carbons (Fsp3) is 0.273. The maximum Gasteiger partial charge on any atom is 0.230 e. The molecular weight excluding hydrogens is 416 g/mol. The highest BCUT2D eigenvalue weighted by atomic mass is 32.1. The minimum absolute atomic E-state index is 0.0549. The highest BCUT2D eigenvalue weighted by Crippen LogP contribution is 2.48. The number of thiazole rings is 1. The molecule has 162 valence electrons. The second-order valence-electron chi connectivity index (χ2n) is 6.97. The van der Waals surface area contributed by atoms with Gasteiger partial charge in [-0.15, -0.1) is 0 Å². The monoisotopic (exact) mass is 440 g/mol. The molecule has 0 radical (unpaired) electrons. The van der Waals surface area contributed by atoms with E-state index in [-0.39, 0.29) is 11.9 Å². The predicted molar refractivity (Wildman–Crippen MR) is 118 cm³/mol. The van der Waals surface area contributed by atoms with Crippen molar-refractivity contribution in [2.45, 2.75) is 12.6 Å². The van der Waals surface area contributed by atoms with Gasteiger partial charge in [0, 0.05) is 12.1 Å². The molecule has 0 aliphatic carbocycles. The lowest BCUT2D eigenvalue weighted by molar-refractivity contribution is 0.256. The van der Waals surface area contributed by atoms with Crippen LogP contribution in [0.5, 0.6) is 23.1 Å². The lowest BCUT2D eigenvalue weighted by Crippen LogP contribution is -2.25. The van der Waals surface area contributed by atoms with E-state index in [1.54, 1.807) is 21.3 Å². The molecule has 9 heteroatoms. The van der Waals surface area contributed by atoms with Gasteiger partial charge in [0.2, 0.25) is 16.6 Å². The smallest absolute Gasteiger partial charge is 0.230 e. The maximum atomic E-state index is 11.0. The summed E-state index contributed by atoms with van der Waals surface area (Å²) < 4.78 is 18.2. The number of rotatable bonds is 8. The van der Waals surface area contributed by atoms with Crippen LogP contribution in [0.3, 0.4) is 0 Å². The Labute approximate surface area is 184 Å². The Balaban J connectivity index is 1.88. The number of aromatic hydroxyl groups is 1. The minimum atomic E-state index is -0.344. The summed E-state index contributed by atoms with van der Waals surface area (Å²) in [5.41, 5.74) is 1.98. The standard InChI is InChI=1S/C22H24N4O4S/c1-25(12-14-8-6-5-7-9-14)17(20-21(27)26-22(31-20)23-13-24-26)15-10-11-16(28-2)19(30-4)18(15)29-3/h5-11,13,17,27H,12H2,1-4H3/t17-/m1/s1. The van der Waals surface area contributed by atoms with Crippen LogP contribution in [-0.2, 0) is 6.54 Å². The van der Waals surface area contributed by atoms with Gasteiger partial charge in [-0.1, -0.05) is 41.7 Å². The molecule has 8 nitrogen and oxygen atoms in total. The van der Waals surface area contributed by atoms with E-state index < -0.39 is 0 Å².